The van der Waals surface area contributed by atoms with Crippen LogP contribution in [0.4, 0.5) is 0 Å². The van der Waals surface area contributed by atoms with E-state index in [9.17, 15) is 9.59 Å². The molecule has 0 bridgehead atoms. The van der Waals surface area contributed by atoms with Gasteiger partial charge < -0.3 is 9.74 Å². The Balaban J connectivity index is 2.56. The van der Waals surface area contributed by atoms with E-state index in [2.05, 4.69) is 37.7 Å². The second kappa shape index (κ2) is 9.81. The van der Waals surface area contributed by atoms with E-state index in [-0.39, 0.29) is 29.1 Å². The Kier molecular flexibility index (Phi) is 8.02. The van der Waals surface area contributed by atoms with Crippen molar-refractivity contribution >= 4 is 43.5 Å². The van der Waals surface area contributed by atoms with Crippen LogP contribution in [0.1, 0.15) is 62.5 Å². The van der Waals surface area contributed by atoms with Crippen LogP contribution in [0.25, 0.3) is 6.08 Å². The zero-order chi connectivity index (χ0) is 24.4. The van der Waals surface area contributed by atoms with E-state index in [1.165, 1.54) is 10.6 Å². The van der Waals surface area contributed by atoms with Crippen LogP contribution in [-0.4, -0.2) is 23.8 Å². The second-order valence-corrected chi connectivity index (χ2v) is 15.0. The molecular formula is C23H31Cl2N3O3Si. The number of carbonyl (C=O) groups excluding carboxylic acids is 1. The third-order valence-electron chi connectivity index (χ3n) is 5.55. The molecule has 1 aromatic heterocycles. The summed E-state index contributed by atoms with van der Waals surface area (Å²) in [5.74, 6) is -0.244. The van der Waals surface area contributed by atoms with E-state index in [1.807, 2.05) is 26.9 Å². The number of nitrogens with one attached hydrogen (secondary N) is 1. The summed E-state index contributed by atoms with van der Waals surface area (Å²) in [7, 11) is -2.44. The number of amides is 1. The van der Waals surface area contributed by atoms with Gasteiger partial charge in [0.1, 0.15) is 5.82 Å². The molecule has 2 aromatic rings. The SMILES string of the molecule is C=Cc1nc(C(=O)NCc2cc(Cl)cc(Cl)c2)c(O[Si](C)(C)C(C)(C)C)c(=O)n1C(C)C. The lowest BCUT2D eigenvalue weighted by Crippen LogP contribution is -2.46. The minimum Gasteiger partial charge on any atom is -0.538 e. The van der Waals surface area contributed by atoms with Crippen molar-refractivity contribution < 1.29 is 9.22 Å². The fraction of sp³-hybridized carbons (Fsp3) is 0.435. The second-order valence-electron chi connectivity index (χ2n) is 9.44. The Morgan fingerprint density at radius 3 is 2.28 bits per heavy atom. The van der Waals surface area contributed by atoms with Gasteiger partial charge in [-0.2, -0.15) is 0 Å². The van der Waals surface area contributed by atoms with E-state index in [0.717, 1.165) is 5.56 Å². The zero-order valence-electron chi connectivity index (χ0n) is 19.7. The summed E-state index contributed by atoms with van der Waals surface area (Å²) >= 11 is 12.1. The van der Waals surface area contributed by atoms with E-state index >= 15 is 0 Å². The van der Waals surface area contributed by atoms with E-state index in [1.54, 1.807) is 18.2 Å². The first-order chi connectivity index (χ1) is 14.7. The van der Waals surface area contributed by atoms with Crippen LogP contribution in [0.5, 0.6) is 5.75 Å². The summed E-state index contributed by atoms with van der Waals surface area (Å²) in [5, 5.41) is 3.56. The molecule has 0 atom stereocenters. The summed E-state index contributed by atoms with van der Waals surface area (Å²) in [5.41, 5.74) is 0.271. The maximum absolute atomic E-state index is 13.4. The number of benzene rings is 1. The Hall–Kier alpha value is -2.09. The first-order valence-electron chi connectivity index (χ1n) is 10.4. The van der Waals surface area contributed by atoms with Crippen LogP contribution in [-0.2, 0) is 6.54 Å². The van der Waals surface area contributed by atoms with Gasteiger partial charge in [-0.25, -0.2) is 4.98 Å². The highest BCUT2D eigenvalue weighted by Crippen LogP contribution is 2.37. The predicted octanol–water partition coefficient (Wildman–Crippen LogP) is 6.09. The highest BCUT2D eigenvalue weighted by Gasteiger charge is 2.41. The number of halogens is 2. The third-order valence-corrected chi connectivity index (χ3v) is 10.3. The van der Waals surface area contributed by atoms with Crippen LogP contribution < -0.4 is 15.3 Å². The first-order valence-corrected chi connectivity index (χ1v) is 14.1. The number of hydrogen-bond acceptors (Lipinski definition) is 4. The molecule has 0 aliphatic carbocycles. The molecule has 0 aliphatic heterocycles. The number of rotatable bonds is 7. The molecule has 32 heavy (non-hydrogen) atoms. The molecule has 174 valence electrons. The largest absolute Gasteiger partial charge is 0.538 e. The fourth-order valence-corrected chi connectivity index (χ4v) is 4.38. The molecule has 1 heterocycles. The van der Waals surface area contributed by atoms with Gasteiger partial charge in [0.15, 0.2) is 5.69 Å². The van der Waals surface area contributed by atoms with Crippen molar-refractivity contribution in [1.82, 2.24) is 14.9 Å². The molecule has 0 radical (unpaired) electrons. The number of nitrogens with zero attached hydrogens (tertiary/aromatic N) is 2. The number of hydrogen-bond donors (Lipinski definition) is 1. The standard InChI is InChI=1S/C23H31Cl2N3O3Si/c1-9-18-27-19(21(29)26-13-15-10-16(24)12-17(25)11-15)20(22(30)28(18)14(2)3)31-32(7,8)23(4,5)6/h9-12,14H,1,13H2,2-8H3,(H,26,29). The van der Waals surface area contributed by atoms with Crippen molar-refractivity contribution in [2.45, 2.75) is 65.3 Å². The van der Waals surface area contributed by atoms with Crippen LogP contribution in [0, 0.1) is 0 Å². The highest BCUT2D eigenvalue weighted by atomic mass is 35.5. The molecule has 0 unspecified atom stereocenters. The Morgan fingerprint density at radius 1 is 1.25 bits per heavy atom. The lowest BCUT2D eigenvalue weighted by atomic mass is 10.2. The molecule has 1 amide bonds. The van der Waals surface area contributed by atoms with Gasteiger partial charge >= 0.3 is 0 Å². The van der Waals surface area contributed by atoms with Crippen molar-refractivity contribution in [2.75, 3.05) is 0 Å². The quantitative estimate of drug-likeness (QED) is 0.471. The summed E-state index contributed by atoms with van der Waals surface area (Å²) < 4.78 is 7.82. The van der Waals surface area contributed by atoms with Gasteiger partial charge in [0.05, 0.1) is 0 Å². The van der Waals surface area contributed by atoms with Gasteiger partial charge in [-0.15, -0.1) is 0 Å². The van der Waals surface area contributed by atoms with Crippen molar-refractivity contribution in [2.24, 2.45) is 0 Å². The lowest BCUT2D eigenvalue weighted by Gasteiger charge is -2.36. The summed E-state index contributed by atoms with van der Waals surface area (Å²) in [6, 6.07) is 4.85. The van der Waals surface area contributed by atoms with Crippen molar-refractivity contribution in [1.29, 1.82) is 0 Å². The smallest absolute Gasteiger partial charge is 0.295 e. The Labute approximate surface area is 200 Å². The van der Waals surface area contributed by atoms with Crippen LogP contribution in [0.15, 0.2) is 29.6 Å². The average molecular weight is 497 g/mol. The normalized spacial score (nSPS) is 12.1. The molecule has 9 heteroatoms. The molecule has 1 aromatic carbocycles. The van der Waals surface area contributed by atoms with Gasteiger partial charge in [0.25, 0.3) is 19.8 Å². The third kappa shape index (κ3) is 5.82. The molecule has 0 aliphatic rings. The maximum atomic E-state index is 13.4. The van der Waals surface area contributed by atoms with E-state index in [4.69, 9.17) is 27.6 Å². The summed E-state index contributed by atoms with van der Waals surface area (Å²) in [6.07, 6.45) is 1.46. The first kappa shape index (κ1) is 26.2. The molecular weight excluding hydrogens is 465 g/mol. The zero-order valence-corrected chi connectivity index (χ0v) is 22.2. The van der Waals surface area contributed by atoms with Gasteiger partial charge in [-0.05, 0) is 61.8 Å². The van der Waals surface area contributed by atoms with Crippen LogP contribution in [0.3, 0.4) is 0 Å². The molecule has 0 fully saturated rings. The van der Waals surface area contributed by atoms with Crippen LogP contribution >= 0.6 is 23.2 Å². The van der Waals surface area contributed by atoms with Gasteiger partial charge in [-0.1, -0.05) is 50.6 Å². The minimum absolute atomic E-state index is 0.0301. The Morgan fingerprint density at radius 2 is 1.81 bits per heavy atom. The summed E-state index contributed by atoms with van der Waals surface area (Å²) in [6.45, 7) is 17.9. The van der Waals surface area contributed by atoms with Gasteiger partial charge in [0.2, 0.25) is 5.75 Å². The highest BCUT2D eigenvalue weighted by molar-refractivity contribution is 6.74. The summed E-state index contributed by atoms with van der Waals surface area (Å²) in [4.78, 5) is 31.1. The minimum atomic E-state index is -2.44. The Bertz CT molecular complexity index is 1070. The monoisotopic (exact) mass is 495 g/mol. The van der Waals surface area contributed by atoms with Crippen molar-refractivity contribution in [3.63, 3.8) is 0 Å². The maximum Gasteiger partial charge on any atom is 0.295 e. The topological polar surface area (TPSA) is 73.2 Å². The average Bonchev–Trinajstić information content (AvgIpc) is 2.65. The van der Waals surface area contributed by atoms with Gasteiger partial charge in [0, 0.05) is 22.6 Å². The molecule has 0 spiro atoms. The molecule has 6 nitrogen and oxygen atoms in total. The molecule has 0 saturated heterocycles. The fourth-order valence-electron chi connectivity index (χ4n) is 2.81. The molecule has 0 saturated carbocycles. The molecule has 2 rings (SSSR count). The predicted molar refractivity (Wildman–Crippen MR) is 134 cm³/mol. The van der Waals surface area contributed by atoms with E-state index < -0.39 is 19.8 Å². The van der Waals surface area contributed by atoms with Crippen molar-refractivity contribution in [3.8, 4) is 5.75 Å². The van der Waals surface area contributed by atoms with E-state index in [0.29, 0.717) is 15.9 Å². The number of aromatic nitrogens is 2. The lowest BCUT2D eigenvalue weighted by molar-refractivity contribution is 0.0942. The number of carbonyl (C=O) groups is 1. The molecule has 1 N–H and O–H groups in total. The van der Waals surface area contributed by atoms with Gasteiger partial charge in [-0.3, -0.25) is 14.2 Å². The van der Waals surface area contributed by atoms with Crippen molar-refractivity contribution in [3.05, 3.63) is 62.3 Å². The van der Waals surface area contributed by atoms with Crippen LogP contribution in [0.2, 0.25) is 28.2 Å².